The van der Waals surface area contributed by atoms with Crippen LogP contribution in [0.3, 0.4) is 0 Å². The van der Waals surface area contributed by atoms with E-state index in [-0.39, 0.29) is 0 Å². The molecule has 2 N–H and O–H groups in total. The third-order valence-electron chi connectivity index (χ3n) is 4.94. The molecule has 0 fully saturated rings. The Morgan fingerprint density at radius 3 is 2.15 bits per heavy atom. The van der Waals surface area contributed by atoms with Crippen LogP contribution in [0.1, 0.15) is 34.7 Å². The highest BCUT2D eigenvalue weighted by Gasteiger charge is 2.29. The predicted molar refractivity (Wildman–Crippen MR) is 127 cm³/mol. The number of oxime groups is 1. The van der Waals surface area contributed by atoms with E-state index < -0.39 is 17.8 Å². The number of nitrogens with one attached hydrogen (secondary N) is 2. The number of aryl methyl sites for hydroxylation is 2. The van der Waals surface area contributed by atoms with Crippen LogP contribution in [0, 0.1) is 13.8 Å². The van der Waals surface area contributed by atoms with Gasteiger partial charge in [0.05, 0.1) is 23.2 Å². The molecule has 3 rings (SSSR count). The number of amides is 1. The van der Waals surface area contributed by atoms with Crippen molar-refractivity contribution >= 4 is 29.4 Å². The molecule has 3 aromatic carbocycles. The number of rotatable bonds is 6. The number of alkyl halides is 3. The average Bonchev–Trinajstić information content (AvgIpc) is 2.80. The maximum absolute atomic E-state index is 12.7. The van der Waals surface area contributed by atoms with Crippen molar-refractivity contribution in [3.8, 4) is 0 Å². The first kappa shape index (κ1) is 24.5. The molecule has 0 radical (unpaired) electrons. The van der Waals surface area contributed by atoms with E-state index in [1.165, 1.54) is 18.3 Å². The summed E-state index contributed by atoms with van der Waals surface area (Å²) in [5.74, 6) is 0. The molecule has 34 heavy (non-hydrogen) atoms. The maximum atomic E-state index is 12.7. The van der Waals surface area contributed by atoms with E-state index in [0.29, 0.717) is 28.2 Å². The first-order valence-electron chi connectivity index (χ1n) is 10.3. The Labute approximate surface area is 195 Å². The molecule has 3 aromatic rings. The average molecular weight is 468 g/mol. The van der Waals surface area contributed by atoms with Gasteiger partial charge < -0.3 is 0 Å². The highest BCUT2D eigenvalue weighted by molar-refractivity contribution is 5.99. The van der Waals surface area contributed by atoms with Crippen molar-refractivity contribution in [3.63, 3.8) is 0 Å². The van der Waals surface area contributed by atoms with E-state index in [1.807, 2.05) is 32.0 Å². The topological polar surface area (TPSA) is 75.1 Å². The van der Waals surface area contributed by atoms with Crippen LogP contribution in [0.15, 0.2) is 77.0 Å². The quantitative estimate of drug-likeness (QED) is 0.239. The number of carbonyl (C=O) groups excluding carboxylic acids is 1. The zero-order valence-corrected chi connectivity index (χ0v) is 18.8. The van der Waals surface area contributed by atoms with Crippen LogP contribution in [0.4, 0.5) is 29.3 Å². The summed E-state index contributed by atoms with van der Waals surface area (Å²) in [5.41, 5.74) is 7.12. The van der Waals surface area contributed by atoms with E-state index in [9.17, 15) is 18.0 Å². The van der Waals surface area contributed by atoms with Gasteiger partial charge >= 0.3 is 12.3 Å². The molecule has 0 heterocycles. The Hall–Kier alpha value is -4.14. The summed E-state index contributed by atoms with van der Waals surface area (Å²) in [5, 5.41) is 10.6. The molecule has 1 amide bonds. The second-order valence-electron chi connectivity index (χ2n) is 7.51. The smallest absolute Gasteiger partial charge is 0.298 e. The number of para-hydroxylation sites is 1. The van der Waals surface area contributed by atoms with Crippen LogP contribution >= 0.6 is 0 Å². The molecule has 0 spiro atoms. The first-order chi connectivity index (χ1) is 16.1. The van der Waals surface area contributed by atoms with Crippen molar-refractivity contribution in [2.75, 3.05) is 10.7 Å². The van der Waals surface area contributed by atoms with Gasteiger partial charge in [0.25, 0.3) is 0 Å². The second-order valence-corrected chi connectivity index (χ2v) is 7.51. The summed E-state index contributed by atoms with van der Waals surface area (Å²) >= 11 is 0. The lowest BCUT2D eigenvalue weighted by atomic mass is 10.1. The molecule has 176 valence electrons. The number of hydrogen-bond donors (Lipinski definition) is 2. The van der Waals surface area contributed by atoms with Gasteiger partial charge in [-0.3, -0.25) is 15.6 Å². The van der Waals surface area contributed by atoms with Gasteiger partial charge in [0.15, 0.2) is 0 Å². The molecular formula is C25H23F3N4O2. The van der Waals surface area contributed by atoms with Crippen LogP contribution in [0.2, 0.25) is 0 Å². The zero-order valence-electron chi connectivity index (χ0n) is 18.8. The normalized spacial score (nSPS) is 12.0. The third kappa shape index (κ3) is 6.68. The summed E-state index contributed by atoms with van der Waals surface area (Å²) in [6.07, 6.45) is -3.67. The van der Waals surface area contributed by atoms with Gasteiger partial charge in [-0.15, -0.1) is 0 Å². The Morgan fingerprint density at radius 2 is 1.56 bits per heavy atom. The van der Waals surface area contributed by atoms with Gasteiger partial charge in [-0.1, -0.05) is 47.6 Å². The Bertz CT molecular complexity index is 1180. The fraction of sp³-hybridized carbons (Fsp3) is 0.160. The van der Waals surface area contributed by atoms with Gasteiger partial charge in [-0.25, -0.2) is 4.79 Å². The second kappa shape index (κ2) is 10.7. The Balaban J connectivity index is 1.53. The molecule has 0 aliphatic rings. The first-order valence-corrected chi connectivity index (χ1v) is 10.3. The monoisotopic (exact) mass is 468 g/mol. The lowest BCUT2D eigenvalue weighted by Crippen LogP contribution is -2.12. The van der Waals surface area contributed by atoms with Crippen LogP contribution in [0.25, 0.3) is 0 Å². The molecule has 0 atom stereocenters. The minimum Gasteiger partial charge on any atom is -0.298 e. The number of halogens is 3. The number of anilines is 2. The maximum Gasteiger partial charge on any atom is 0.437 e. The molecule has 0 bridgehead atoms. The molecule has 9 heteroatoms. The van der Waals surface area contributed by atoms with Crippen molar-refractivity contribution in [3.05, 3.63) is 94.5 Å². The van der Waals surface area contributed by atoms with E-state index in [4.69, 9.17) is 4.84 Å². The molecule has 6 nitrogen and oxygen atoms in total. The van der Waals surface area contributed by atoms with Gasteiger partial charge in [-0.05, 0) is 67.3 Å². The van der Waals surface area contributed by atoms with Gasteiger partial charge in [0.2, 0.25) is 0 Å². The van der Waals surface area contributed by atoms with Crippen molar-refractivity contribution < 1.29 is 22.8 Å². The summed E-state index contributed by atoms with van der Waals surface area (Å²) in [6, 6.07) is 17.4. The summed E-state index contributed by atoms with van der Waals surface area (Å²) in [6.45, 7) is 5.46. The molecular weight excluding hydrogens is 445 g/mol. The lowest BCUT2D eigenvalue weighted by Gasteiger charge is -2.09. The molecule has 0 saturated carbocycles. The van der Waals surface area contributed by atoms with Gasteiger partial charge in [0, 0.05) is 5.69 Å². The minimum atomic E-state index is -4.37. The largest absolute Gasteiger partial charge is 0.437 e. The van der Waals surface area contributed by atoms with Crippen LogP contribution < -0.4 is 10.7 Å². The van der Waals surface area contributed by atoms with E-state index in [0.717, 1.165) is 23.3 Å². The standard InChI is InChI=1S/C25H23F3N4O2/c1-16-5-4-6-17(2)23(16)30-24(33)34-29-15-19-7-13-22(14-8-19)32-31-18(3)20-9-11-21(12-10-20)25(26,27)28/h4-15,32H,1-3H3,(H,30,33). The van der Waals surface area contributed by atoms with Gasteiger partial charge in [-0.2, -0.15) is 18.3 Å². The predicted octanol–water partition coefficient (Wildman–Crippen LogP) is 6.74. The number of hydrogen-bond acceptors (Lipinski definition) is 5. The SMILES string of the molecule is CC(=NNc1ccc(C=NOC(=O)Nc2c(C)cccc2C)cc1)c1ccc(C(F)(F)F)cc1. The lowest BCUT2D eigenvalue weighted by molar-refractivity contribution is -0.137. The Kier molecular flexibility index (Phi) is 7.68. The van der Waals surface area contributed by atoms with Crippen molar-refractivity contribution in [1.82, 2.24) is 0 Å². The summed E-state index contributed by atoms with van der Waals surface area (Å²) in [7, 11) is 0. The van der Waals surface area contributed by atoms with Crippen LogP contribution in [-0.4, -0.2) is 18.0 Å². The third-order valence-corrected chi connectivity index (χ3v) is 4.94. The number of carbonyl (C=O) groups is 1. The highest BCUT2D eigenvalue weighted by Crippen LogP contribution is 2.29. The van der Waals surface area contributed by atoms with E-state index >= 15 is 0 Å². The molecule has 0 aliphatic carbocycles. The molecule has 0 aromatic heterocycles. The Morgan fingerprint density at radius 1 is 0.941 bits per heavy atom. The fourth-order valence-corrected chi connectivity index (χ4v) is 3.03. The number of nitrogens with zero attached hydrogens (tertiary/aromatic N) is 2. The van der Waals surface area contributed by atoms with Gasteiger partial charge in [0.1, 0.15) is 0 Å². The van der Waals surface area contributed by atoms with Crippen LogP contribution in [-0.2, 0) is 11.0 Å². The number of hydrazone groups is 1. The zero-order chi connectivity index (χ0) is 24.7. The molecule has 0 saturated heterocycles. The van der Waals surface area contributed by atoms with E-state index in [1.54, 1.807) is 31.2 Å². The van der Waals surface area contributed by atoms with E-state index in [2.05, 4.69) is 21.0 Å². The molecule has 0 aliphatic heterocycles. The summed E-state index contributed by atoms with van der Waals surface area (Å²) in [4.78, 5) is 16.8. The minimum absolute atomic E-state index is 0.530. The van der Waals surface area contributed by atoms with Crippen molar-refractivity contribution in [1.29, 1.82) is 0 Å². The van der Waals surface area contributed by atoms with Crippen molar-refractivity contribution in [2.24, 2.45) is 10.3 Å². The molecule has 0 unspecified atom stereocenters. The van der Waals surface area contributed by atoms with Crippen molar-refractivity contribution in [2.45, 2.75) is 26.9 Å². The fourth-order valence-electron chi connectivity index (χ4n) is 3.03. The van der Waals surface area contributed by atoms with Crippen LogP contribution in [0.5, 0.6) is 0 Å². The highest BCUT2D eigenvalue weighted by atomic mass is 19.4. The summed E-state index contributed by atoms with van der Waals surface area (Å²) < 4.78 is 38.0. The number of benzene rings is 3.